The van der Waals surface area contributed by atoms with E-state index in [-0.39, 0.29) is 27.9 Å². The molecule has 0 spiro atoms. The molecule has 2 bridgehead atoms. The largest absolute Gasteiger partial charge is 0.458 e. The van der Waals surface area contributed by atoms with Crippen molar-refractivity contribution in [3.8, 4) is 0 Å². The second-order valence-corrected chi connectivity index (χ2v) is 11.0. The van der Waals surface area contributed by atoms with E-state index in [1.807, 2.05) is 20.8 Å². The first kappa shape index (κ1) is 15.9. The van der Waals surface area contributed by atoms with Crippen LogP contribution in [0.4, 0.5) is 0 Å². The SMILES string of the molecule is CC(Cl)C(=O)OC1C2CC3C(S2)C1N(C(C)(C)C)S3(=O)=O. The predicted octanol–water partition coefficient (Wildman–Crippen LogP) is 1.59. The summed E-state index contributed by atoms with van der Waals surface area (Å²) in [6, 6.07) is -0.261. The highest BCUT2D eigenvalue weighted by atomic mass is 35.5. The topological polar surface area (TPSA) is 63.7 Å². The van der Waals surface area contributed by atoms with Crippen molar-refractivity contribution in [3.63, 3.8) is 0 Å². The molecular weight excluding hydrogens is 334 g/mol. The molecule has 3 rings (SSSR count). The van der Waals surface area contributed by atoms with Gasteiger partial charge in [0.05, 0.1) is 11.3 Å². The van der Waals surface area contributed by atoms with Gasteiger partial charge in [-0.15, -0.1) is 23.4 Å². The van der Waals surface area contributed by atoms with Gasteiger partial charge in [0.1, 0.15) is 11.5 Å². The van der Waals surface area contributed by atoms with Crippen molar-refractivity contribution >= 4 is 39.4 Å². The number of hydrogen-bond acceptors (Lipinski definition) is 5. The van der Waals surface area contributed by atoms with E-state index >= 15 is 0 Å². The van der Waals surface area contributed by atoms with Crippen molar-refractivity contribution in [1.82, 2.24) is 4.31 Å². The number of ether oxygens (including phenoxy) is 1. The fraction of sp³-hybridized carbons (Fsp3) is 0.923. The first-order valence-electron chi connectivity index (χ1n) is 7.08. The highest BCUT2D eigenvalue weighted by molar-refractivity contribution is 8.03. The molecule has 3 heterocycles. The van der Waals surface area contributed by atoms with Gasteiger partial charge in [-0.25, -0.2) is 8.42 Å². The highest BCUT2D eigenvalue weighted by Gasteiger charge is 2.70. The second-order valence-electron chi connectivity index (χ2n) is 6.93. The van der Waals surface area contributed by atoms with Crippen molar-refractivity contribution in [2.24, 2.45) is 0 Å². The molecule has 0 amide bonds. The summed E-state index contributed by atoms with van der Waals surface area (Å²) < 4.78 is 32.7. The number of thioether (sulfide) groups is 1. The molecule has 0 aromatic heterocycles. The lowest BCUT2D eigenvalue weighted by molar-refractivity contribution is -0.151. The van der Waals surface area contributed by atoms with E-state index in [2.05, 4.69) is 0 Å². The van der Waals surface area contributed by atoms with Crippen LogP contribution in [-0.4, -0.2) is 57.5 Å². The summed E-state index contributed by atoms with van der Waals surface area (Å²) >= 11 is 7.43. The Morgan fingerprint density at radius 3 is 2.57 bits per heavy atom. The standard InChI is InChI=1S/C13H20ClNO4S2/c1-6(14)12(16)19-10-7-5-8-11(20-7)9(10)15(13(2,3)4)21(8,17)18/h6-11H,5H2,1-4H3. The van der Waals surface area contributed by atoms with Crippen molar-refractivity contribution in [2.45, 2.75) is 72.9 Å². The molecule has 0 aromatic rings. The van der Waals surface area contributed by atoms with Crippen LogP contribution in [0.1, 0.15) is 34.1 Å². The summed E-state index contributed by atoms with van der Waals surface area (Å²) in [5, 5.41) is -0.986. The zero-order valence-electron chi connectivity index (χ0n) is 12.4. The quantitative estimate of drug-likeness (QED) is 0.557. The molecule has 0 saturated carbocycles. The summed E-state index contributed by atoms with van der Waals surface area (Å²) in [6.07, 6.45) is 0.177. The number of nitrogens with zero attached hydrogens (tertiary/aromatic N) is 1. The molecule has 6 atom stereocenters. The van der Waals surface area contributed by atoms with Gasteiger partial charge >= 0.3 is 5.97 Å². The summed E-state index contributed by atoms with van der Waals surface area (Å²) in [7, 11) is -3.33. The number of halogens is 1. The van der Waals surface area contributed by atoms with Crippen LogP contribution in [0.5, 0.6) is 0 Å². The molecule has 3 saturated heterocycles. The van der Waals surface area contributed by atoms with Gasteiger partial charge < -0.3 is 4.74 Å². The number of carbonyl (C=O) groups excluding carboxylic acids is 1. The van der Waals surface area contributed by atoms with E-state index in [1.165, 1.54) is 0 Å². The van der Waals surface area contributed by atoms with Crippen LogP contribution in [0, 0.1) is 0 Å². The average molecular weight is 354 g/mol. The number of fused-ring (bicyclic) bond motifs is 1. The van der Waals surface area contributed by atoms with E-state index in [0.29, 0.717) is 6.42 Å². The Labute approximate surface area is 134 Å². The van der Waals surface area contributed by atoms with Crippen LogP contribution in [0.15, 0.2) is 0 Å². The van der Waals surface area contributed by atoms with E-state index in [1.54, 1.807) is 23.0 Å². The molecule has 5 nitrogen and oxygen atoms in total. The Morgan fingerprint density at radius 1 is 1.43 bits per heavy atom. The third-order valence-electron chi connectivity index (χ3n) is 4.37. The maximum atomic E-state index is 12.8. The number of esters is 1. The Hall–Kier alpha value is 0.0200. The molecule has 0 radical (unpaired) electrons. The van der Waals surface area contributed by atoms with Crippen molar-refractivity contribution in [1.29, 1.82) is 0 Å². The second kappa shape index (κ2) is 4.76. The Morgan fingerprint density at radius 2 is 2.05 bits per heavy atom. The average Bonchev–Trinajstić information content (AvgIpc) is 2.90. The molecular formula is C13H20ClNO4S2. The van der Waals surface area contributed by atoms with Gasteiger partial charge in [0, 0.05) is 16.0 Å². The molecule has 120 valence electrons. The van der Waals surface area contributed by atoms with Crippen LogP contribution in [0.2, 0.25) is 0 Å². The lowest BCUT2D eigenvalue weighted by Crippen LogP contribution is -2.53. The highest BCUT2D eigenvalue weighted by Crippen LogP contribution is 2.58. The molecule has 3 aliphatic heterocycles. The maximum absolute atomic E-state index is 12.8. The number of alkyl halides is 1. The molecule has 3 aliphatic rings. The minimum Gasteiger partial charge on any atom is -0.458 e. The summed E-state index contributed by atoms with van der Waals surface area (Å²) in [5.74, 6) is -0.468. The zero-order valence-corrected chi connectivity index (χ0v) is 14.8. The van der Waals surface area contributed by atoms with E-state index < -0.39 is 26.9 Å². The number of rotatable bonds is 2. The molecule has 0 aliphatic carbocycles. The number of hydrogen-bond donors (Lipinski definition) is 0. The molecule has 3 fully saturated rings. The van der Waals surface area contributed by atoms with Gasteiger partial charge in [-0.1, -0.05) is 0 Å². The normalized spacial score (nSPS) is 42.2. The van der Waals surface area contributed by atoms with Gasteiger partial charge in [-0.3, -0.25) is 4.79 Å². The summed E-state index contributed by atoms with van der Waals surface area (Å²) in [5.41, 5.74) is -0.520. The van der Waals surface area contributed by atoms with Gasteiger partial charge in [0.25, 0.3) is 0 Å². The first-order chi connectivity index (χ1) is 9.55. The lowest BCUT2D eigenvalue weighted by Gasteiger charge is -2.37. The Bertz CT molecular complexity index is 571. The van der Waals surface area contributed by atoms with E-state index in [4.69, 9.17) is 16.3 Å². The van der Waals surface area contributed by atoms with Gasteiger partial charge in [-0.05, 0) is 34.1 Å². The fourth-order valence-electron chi connectivity index (χ4n) is 3.70. The molecule has 6 unspecified atom stereocenters. The number of carbonyl (C=O) groups is 1. The minimum atomic E-state index is -3.33. The smallest absolute Gasteiger partial charge is 0.324 e. The summed E-state index contributed by atoms with van der Waals surface area (Å²) in [4.78, 5) is 11.8. The first-order valence-corrected chi connectivity index (χ1v) is 9.97. The maximum Gasteiger partial charge on any atom is 0.324 e. The van der Waals surface area contributed by atoms with Crippen LogP contribution < -0.4 is 0 Å². The fourth-order valence-corrected chi connectivity index (χ4v) is 8.98. The molecule has 8 heteroatoms. The van der Waals surface area contributed by atoms with Crippen LogP contribution in [0.25, 0.3) is 0 Å². The monoisotopic (exact) mass is 353 g/mol. The van der Waals surface area contributed by atoms with E-state index in [9.17, 15) is 13.2 Å². The van der Waals surface area contributed by atoms with Gasteiger partial charge in [0.2, 0.25) is 10.0 Å². The van der Waals surface area contributed by atoms with Crippen molar-refractivity contribution in [3.05, 3.63) is 0 Å². The van der Waals surface area contributed by atoms with Gasteiger partial charge in [-0.2, -0.15) is 4.31 Å². The van der Waals surface area contributed by atoms with Gasteiger partial charge in [0.15, 0.2) is 0 Å². The Balaban J connectivity index is 1.96. The third kappa shape index (κ3) is 2.23. The Kier molecular flexibility index (Phi) is 3.60. The van der Waals surface area contributed by atoms with Crippen LogP contribution >= 0.6 is 23.4 Å². The van der Waals surface area contributed by atoms with Crippen molar-refractivity contribution < 1.29 is 17.9 Å². The predicted molar refractivity (Wildman–Crippen MR) is 83.1 cm³/mol. The third-order valence-corrected chi connectivity index (χ3v) is 9.04. The lowest BCUT2D eigenvalue weighted by atomic mass is 9.90. The van der Waals surface area contributed by atoms with Crippen molar-refractivity contribution in [2.75, 3.05) is 0 Å². The van der Waals surface area contributed by atoms with E-state index in [0.717, 1.165) is 0 Å². The zero-order chi connectivity index (χ0) is 15.7. The molecule has 21 heavy (non-hydrogen) atoms. The molecule has 0 N–H and O–H groups in total. The molecule has 0 aromatic carbocycles. The minimum absolute atomic E-state index is 0.00246. The number of sulfonamides is 1. The summed E-state index contributed by atoms with van der Waals surface area (Å²) in [6.45, 7) is 7.23. The van der Waals surface area contributed by atoms with Crippen LogP contribution in [-0.2, 0) is 19.6 Å². The van der Waals surface area contributed by atoms with Crippen LogP contribution in [0.3, 0.4) is 0 Å².